The lowest BCUT2D eigenvalue weighted by molar-refractivity contribution is -0.130. The Morgan fingerprint density at radius 1 is 1.09 bits per heavy atom. The van der Waals surface area contributed by atoms with Crippen LogP contribution in [0, 0.1) is 0 Å². The van der Waals surface area contributed by atoms with Gasteiger partial charge in [0.05, 0.1) is 5.71 Å². The van der Waals surface area contributed by atoms with Crippen LogP contribution in [0.5, 0.6) is 11.5 Å². The van der Waals surface area contributed by atoms with E-state index in [9.17, 15) is 4.79 Å². The molecule has 1 aliphatic rings. The van der Waals surface area contributed by atoms with Gasteiger partial charge in [-0.1, -0.05) is 42.5 Å². The maximum Gasteiger partial charge on any atom is 0.284 e. The molecule has 1 aliphatic heterocycles. The van der Waals surface area contributed by atoms with Gasteiger partial charge in [0.25, 0.3) is 5.91 Å². The highest BCUT2D eigenvalue weighted by Gasteiger charge is 2.27. The molecule has 0 aromatic heterocycles. The Bertz CT molecular complexity index is 698. The van der Waals surface area contributed by atoms with E-state index in [1.807, 2.05) is 49.4 Å². The number of hydrazone groups is 1. The summed E-state index contributed by atoms with van der Waals surface area (Å²) >= 11 is 0. The Balaban J connectivity index is 1.64. The van der Waals surface area contributed by atoms with Crippen molar-refractivity contribution in [2.75, 3.05) is 6.61 Å². The third kappa shape index (κ3) is 3.09. The van der Waals surface area contributed by atoms with Gasteiger partial charge in [-0.3, -0.25) is 4.79 Å². The quantitative estimate of drug-likeness (QED) is 0.698. The van der Waals surface area contributed by atoms with Crippen molar-refractivity contribution in [3.8, 4) is 11.5 Å². The second-order valence-corrected chi connectivity index (χ2v) is 4.90. The van der Waals surface area contributed by atoms with Crippen molar-refractivity contribution in [2.24, 2.45) is 5.10 Å². The van der Waals surface area contributed by atoms with E-state index in [4.69, 9.17) is 9.47 Å². The van der Waals surface area contributed by atoms with E-state index >= 15 is 0 Å². The van der Waals surface area contributed by atoms with Crippen LogP contribution in [0.4, 0.5) is 0 Å². The average molecular weight is 296 g/mol. The summed E-state index contributed by atoms with van der Waals surface area (Å²) in [5.74, 6) is 0.887. The summed E-state index contributed by atoms with van der Waals surface area (Å²) in [5, 5.41) is 4.11. The zero-order chi connectivity index (χ0) is 15.4. The number of nitrogens with zero attached hydrogens (tertiary/aromatic N) is 1. The molecule has 1 unspecified atom stereocenters. The number of nitrogens with one attached hydrogen (secondary N) is 1. The molecule has 1 atom stereocenters. The molecule has 112 valence electrons. The van der Waals surface area contributed by atoms with Gasteiger partial charge in [-0.2, -0.15) is 5.10 Å². The largest absolute Gasteiger partial charge is 0.485 e. The van der Waals surface area contributed by atoms with Crippen LogP contribution >= 0.6 is 0 Å². The van der Waals surface area contributed by atoms with Crippen LogP contribution in [0.15, 0.2) is 59.7 Å². The van der Waals surface area contributed by atoms with Gasteiger partial charge >= 0.3 is 0 Å². The van der Waals surface area contributed by atoms with Gasteiger partial charge in [-0.25, -0.2) is 5.43 Å². The molecule has 1 heterocycles. The van der Waals surface area contributed by atoms with Crippen molar-refractivity contribution in [2.45, 2.75) is 13.0 Å². The van der Waals surface area contributed by atoms with E-state index in [0.29, 0.717) is 11.5 Å². The highest BCUT2D eigenvalue weighted by atomic mass is 16.6. The van der Waals surface area contributed by atoms with Crippen LogP contribution in [-0.2, 0) is 4.79 Å². The Hall–Kier alpha value is -2.82. The van der Waals surface area contributed by atoms with Crippen LogP contribution in [0.1, 0.15) is 12.5 Å². The molecule has 1 N–H and O–H groups in total. The Kier molecular flexibility index (Phi) is 4.05. The second-order valence-electron chi connectivity index (χ2n) is 4.90. The van der Waals surface area contributed by atoms with Crippen molar-refractivity contribution in [3.63, 3.8) is 0 Å². The zero-order valence-corrected chi connectivity index (χ0v) is 12.2. The number of benzene rings is 2. The molecule has 0 spiro atoms. The average Bonchev–Trinajstić information content (AvgIpc) is 2.59. The predicted octanol–water partition coefficient (Wildman–Crippen LogP) is 2.37. The summed E-state index contributed by atoms with van der Waals surface area (Å²) in [6.07, 6.45) is -0.706. The molecule has 0 radical (unpaired) electrons. The number of hydrogen-bond acceptors (Lipinski definition) is 4. The Morgan fingerprint density at radius 2 is 1.77 bits per heavy atom. The first-order valence-corrected chi connectivity index (χ1v) is 7.02. The van der Waals surface area contributed by atoms with Gasteiger partial charge in [0.15, 0.2) is 11.5 Å². The van der Waals surface area contributed by atoms with E-state index in [1.165, 1.54) is 0 Å². The molecule has 1 amide bonds. The summed E-state index contributed by atoms with van der Waals surface area (Å²) < 4.78 is 11.1. The first kappa shape index (κ1) is 14.1. The highest BCUT2D eigenvalue weighted by Crippen LogP contribution is 2.30. The molecule has 0 fully saturated rings. The Labute approximate surface area is 128 Å². The van der Waals surface area contributed by atoms with Crippen molar-refractivity contribution >= 4 is 11.6 Å². The topological polar surface area (TPSA) is 59.9 Å². The lowest BCUT2D eigenvalue weighted by atomic mass is 10.1. The number of carbonyl (C=O) groups excluding carboxylic acids is 1. The van der Waals surface area contributed by atoms with Crippen molar-refractivity contribution < 1.29 is 14.3 Å². The molecular weight excluding hydrogens is 280 g/mol. The lowest BCUT2D eigenvalue weighted by Crippen LogP contribution is -2.42. The minimum atomic E-state index is -0.706. The fraction of sp³-hybridized carbons (Fsp3) is 0.176. The van der Waals surface area contributed by atoms with Crippen LogP contribution in [0.3, 0.4) is 0 Å². The molecule has 2 aromatic carbocycles. The molecule has 5 nitrogen and oxygen atoms in total. The van der Waals surface area contributed by atoms with Crippen LogP contribution in [0.2, 0.25) is 0 Å². The minimum absolute atomic E-state index is 0.169. The smallest absolute Gasteiger partial charge is 0.284 e. The summed E-state index contributed by atoms with van der Waals surface area (Å²) in [5.41, 5.74) is 4.21. The molecule has 22 heavy (non-hydrogen) atoms. The van der Waals surface area contributed by atoms with Crippen LogP contribution in [0.25, 0.3) is 0 Å². The standard InChI is InChI=1S/C17H16N2O3/c1-12(13-7-3-2-4-8-13)18-19-17(20)16-11-21-14-9-5-6-10-15(14)22-16/h2-10,16H,11H2,1H3,(H,19,20). The third-order valence-corrected chi connectivity index (χ3v) is 3.33. The van der Waals surface area contributed by atoms with Gasteiger partial charge < -0.3 is 9.47 Å². The van der Waals surface area contributed by atoms with Gasteiger partial charge in [0, 0.05) is 0 Å². The Morgan fingerprint density at radius 3 is 2.55 bits per heavy atom. The van der Waals surface area contributed by atoms with E-state index in [1.54, 1.807) is 12.1 Å². The van der Waals surface area contributed by atoms with Gasteiger partial charge in [0.2, 0.25) is 6.10 Å². The van der Waals surface area contributed by atoms with Crippen LogP contribution < -0.4 is 14.9 Å². The second kappa shape index (κ2) is 6.30. The summed E-state index contributed by atoms with van der Waals surface area (Å²) in [6.45, 7) is 2.01. The molecule has 0 saturated heterocycles. The first-order chi connectivity index (χ1) is 10.7. The lowest BCUT2D eigenvalue weighted by Gasteiger charge is -2.24. The third-order valence-electron chi connectivity index (χ3n) is 3.33. The first-order valence-electron chi connectivity index (χ1n) is 7.02. The van der Waals surface area contributed by atoms with E-state index < -0.39 is 6.10 Å². The van der Waals surface area contributed by atoms with Crippen molar-refractivity contribution in [1.82, 2.24) is 5.43 Å². The molecular formula is C17H16N2O3. The monoisotopic (exact) mass is 296 g/mol. The molecule has 2 aromatic rings. The number of ether oxygens (including phenoxy) is 2. The normalized spacial score (nSPS) is 17.0. The van der Waals surface area contributed by atoms with E-state index in [2.05, 4.69) is 10.5 Å². The number of para-hydroxylation sites is 2. The molecule has 0 bridgehead atoms. The van der Waals surface area contributed by atoms with E-state index in [0.717, 1.165) is 11.3 Å². The molecule has 5 heteroatoms. The maximum atomic E-state index is 12.1. The van der Waals surface area contributed by atoms with E-state index in [-0.39, 0.29) is 12.5 Å². The highest BCUT2D eigenvalue weighted by molar-refractivity contribution is 5.99. The summed E-state index contributed by atoms with van der Waals surface area (Å²) in [6, 6.07) is 16.9. The van der Waals surface area contributed by atoms with Crippen molar-refractivity contribution in [1.29, 1.82) is 0 Å². The molecule has 0 aliphatic carbocycles. The minimum Gasteiger partial charge on any atom is -0.485 e. The molecule has 3 rings (SSSR count). The van der Waals surface area contributed by atoms with Crippen molar-refractivity contribution in [3.05, 3.63) is 60.2 Å². The number of fused-ring (bicyclic) bond motifs is 1. The fourth-order valence-corrected chi connectivity index (χ4v) is 2.10. The zero-order valence-electron chi connectivity index (χ0n) is 12.2. The number of carbonyl (C=O) groups is 1. The molecule has 0 saturated carbocycles. The summed E-state index contributed by atoms with van der Waals surface area (Å²) in [4.78, 5) is 12.1. The predicted molar refractivity (Wildman–Crippen MR) is 83.1 cm³/mol. The SMILES string of the molecule is CC(=NNC(=O)C1COc2ccccc2O1)c1ccccc1. The number of hydrogen-bond donors (Lipinski definition) is 1. The van der Waals surface area contributed by atoms with Gasteiger partial charge in [-0.05, 0) is 24.6 Å². The maximum absolute atomic E-state index is 12.1. The fourth-order valence-electron chi connectivity index (χ4n) is 2.10. The summed E-state index contributed by atoms with van der Waals surface area (Å²) in [7, 11) is 0. The number of rotatable bonds is 3. The number of amides is 1. The van der Waals surface area contributed by atoms with Crippen LogP contribution in [-0.4, -0.2) is 24.3 Å². The van der Waals surface area contributed by atoms with Gasteiger partial charge in [0.1, 0.15) is 6.61 Å². The van der Waals surface area contributed by atoms with Gasteiger partial charge in [-0.15, -0.1) is 0 Å².